The number of para-hydroxylation sites is 1. The zero-order valence-corrected chi connectivity index (χ0v) is 13.0. The van der Waals surface area contributed by atoms with E-state index in [9.17, 15) is 4.79 Å². The number of amides is 1. The zero-order valence-electron chi connectivity index (χ0n) is 13.0. The summed E-state index contributed by atoms with van der Waals surface area (Å²) in [4.78, 5) is 14.5. The number of rotatable bonds is 4. The summed E-state index contributed by atoms with van der Waals surface area (Å²) < 4.78 is 0. The molecule has 1 aliphatic rings. The van der Waals surface area contributed by atoms with Gasteiger partial charge in [0.2, 0.25) is 5.71 Å². The summed E-state index contributed by atoms with van der Waals surface area (Å²) in [5.41, 5.74) is 8.69. The van der Waals surface area contributed by atoms with Gasteiger partial charge in [-0.15, -0.1) is 0 Å². The Balaban J connectivity index is 2.19. The predicted octanol–water partition coefficient (Wildman–Crippen LogP) is 1.79. The number of hydrazone groups is 1. The number of anilines is 1. The first-order valence-electron chi connectivity index (χ1n) is 7.49. The van der Waals surface area contributed by atoms with E-state index in [1.54, 1.807) is 30.3 Å². The van der Waals surface area contributed by atoms with Crippen molar-refractivity contribution in [3.8, 4) is 6.07 Å². The standard InChI is InChI=1S/C16H20N6O/c1-11-6-8-22(9-7-11)16(23)12-4-2-3-5-13(12)20-21-14(10-17)15(18)19/h2-5,11,20H,6-9H2,1H3,(H3,18,19)/b21-14+. The molecule has 0 unspecified atom stereocenters. The van der Waals surface area contributed by atoms with Crippen molar-refractivity contribution in [1.82, 2.24) is 4.90 Å². The maximum atomic E-state index is 12.7. The highest BCUT2D eigenvalue weighted by atomic mass is 16.2. The Hall–Kier alpha value is -2.88. The summed E-state index contributed by atoms with van der Waals surface area (Å²) in [5, 5.41) is 19.9. The van der Waals surface area contributed by atoms with Crippen LogP contribution in [-0.4, -0.2) is 35.4 Å². The van der Waals surface area contributed by atoms with E-state index in [0.717, 1.165) is 25.9 Å². The number of piperidine rings is 1. The predicted molar refractivity (Wildman–Crippen MR) is 89.3 cm³/mol. The Kier molecular flexibility index (Phi) is 5.31. The molecule has 1 aromatic rings. The van der Waals surface area contributed by atoms with E-state index in [-0.39, 0.29) is 11.6 Å². The minimum absolute atomic E-state index is 0.0588. The Morgan fingerprint density at radius 3 is 2.70 bits per heavy atom. The molecule has 1 heterocycles. The van der Waals surface area contributed by atoms with Crippen molar-refractivity contribution in [3.63, 3.8) is 0 Å². The molecule has 1 saturated heterocycles. The highest BCUT2D eigenvalue weighted by Crippen LogP contribution is 2.22. The summed E-state index contributed by atoms with van der Waals surface area (Å²) >= 11 is 0. The molecule has 0 saturated carbocycles. The maximum absolute atomic E-state index is 12.7. The van der Waals surface area contributed by atoms with Crippen LogP contribution in [0, 0.1) is 22.7 Å². The van der Waals surface area contributed by atoms with Crippen molar-refractivity contribution in [2.45, 2.75) is 19.8 Å². The summed E-state index contributed by atoms with van der Waals surface area (Å²) in [6.45, 7) is 3.68. The lowest BCUT2D eigenvalue weighted by molar-refractivity contribution is 0.0698. The number of carbonyl (C=O) groups is 1. The smallest absolute Gasteiger partial charge is 0.256 e. The monoisotopic (exact) mass is 312 g/mol. The molecule has 0 radical (unpaired) electrons. The molecule has 1 amide bonds. The first-order valence-corrected chi connectivity index (χ1v) is 7.49. The van der Waals surface area contributed by atoms with E-state index in [0.29, 0.717) is 17.2 Å². The van der Waals surface area contributed by atoms with Gasteiger partial charge in [0, 0.05) is 13.1 Å². The first kappa shape index (κ1) is 16.5. The highest BCUT2D eigenvalue weighted by Gasteiger charge is 2.23. The van der Waals surface area contributed by atoms with Gasteiger partial charge in [-0.05, 0) is 30.9 Å². The second-order valence-corrected chi connectivity index (χ2v) is 5.62. The molecule has 120 valence electrons. The third-order valence-corrected chi connectivity index (χ3v) is 3.88. The average molecular weight is 312 g/mol. The molecule has 0 aromatic heterocycles. The number of hydrogen-bond donors (Lipinski definition) is 3. The van der Waals surface area contributed by atoms with Gasteiger partial charge in [0.05, 0.1) is 11.3 Å². The van der Waals surface area contributed by atoms with Crippen LogP contribution >= 0.6 is 0 Å². The van der Waals surface area contributed by atoms with Crippen LogP contribution < -0.4 is 11.2 Å². The summed E-state index contributed by atoms with van der Waals surface area (Å²) in [6, 6.07) is 8.71. The fourth-order valence-electron chi connectivity index (χ4n) is 2.41. The van der Waals surface area contributed by atoms with Gasteiger partial charge in [-0.1, -0.05) is 19.1 Å². The van der Waals surface area contributed by atoms with Gasteiger partial charge in [0.15, 0.2) is 5.84 Å². The second kappa shape index (κ2) is 7.40. The van der Waals surface area contributed by atoms with Crippen LogP contribution in [0.1, 0.15) is 30.1 Å². The van der Waals surface area contributed by atoms with Gasteiger partial charge < -0.3 is 10.6 Å². The van der Waals surface area contributed by atoms with Crippen LogP contribution in [0.25, 0.3) is 0 Å². The lowest BCUT2D eigenvalue weighted by Crippen LogP contribution is -2.38. The molecule has 1 aliphatic heterocycles. The molecule has 0 spiro atoms. The van der Waals surface area contributed by atoms with Crippen LogP contribution in [0.15, 0.2) is 29.4 Å². The molecule has 1 aromatic carbocycles. The van der Waals surface area contributed by atoms with E-state index < -0.39 is 5.84 Å². The third-order valence-electron chi connectivity index (χ3n) is 3.88. The van der Waals surface area contributed by atoms with Crippen molar-refractivity contribution < 1.29 is 4.79 Å². The third kappa shape index (κ3) is 4.07. The molecule has 0 aliphatic carbocycles. The van der Waals surface area contributed by atoms with E-state index >= 15 is 0 Å². The minimum atomic E-state index is -0.422. The van der Waals surface area contributed by atoms with Crippen LogP contribution in [-0.2, 0) is 0 Å². The Bertz CT molecular complexity index is 667. The number of hydrogen-bond acceptors (Lipinski definition) is 5. The van der Waals surface area contributed by atoms with Gasteiger partial charge in [0.25, 0.3) is 5.91 Å². The molecule has 0 bridgehead atoms. The number of nitrogens with two attached hydrogens (primary N) is 1. The first-order chi connectivity index (χ1) is 11.0. The fourth-order valence-corrected chi connectivity index (χ4v) is 2.41. The van der Waals surface area contributed by atoms with E-state index in [1.807, 2.05) is 4.90 Å². The van der Waals surface area contributed by atoms with Gasteiger partial charge in [0.1, 0.15) is 6.07 Å². The largest absolute Gasteiger partial charge is 0.382 e. The van der Waals surface area contributed by atoms with E-state index in [2.05, 4.69) is 17.5 Å². The Labute approximate surface area is 135 Å². The second-order valence-electron chi connectivity index (χ2n) is 5.62. The van der Waals surface area contributed by atoms with Crippen molar-refractivity contribution in [3.05, 3.63) is 29.8 Å². The van der Waals surface area contributed by atoms with Crippen molar-refractivity contribution in [1.29, 1.82) is 10.7 Å². The van der Waals surface area contributed by atoms with E-state index in [4.69, 9.17) is 16.4 Å². The van der Waals surface area contributed by atoms with Crippen molar-refractivity contribution in [2.24, 2.45) is 16.8 Å². The van der Waals surface area contributed by atoms with Gasteiger partial charge in [-0.2, -0.15) is 10.4 Å². The molecule has 2 rings (SSSR count). The Morgan fingerprint density at radius 2 is 2.09 bits per heavy atom. The molecular formula is C16H20N6O. The SMILES string of the molecule is CC1CCN(C(=O)c2ccccc2N/N=C(\C#N)C(=N)N)CC1. The number of carbonyl (C=O) groups excluding carboxylic acids is 1. The van der Waals surface area contributed by atoms with Gasteiger partial charge >= 0.3 is 0 Å². The van der Waals surface area contributed by atoms with Gasteiger partial charge in [-0.3, -0.25) is 15.6 Å². The normalized spacial score (nSPS) is 15.8. The summed E-state index contributed by atoms with van der Waals surface area (Å²) in [6.07, 6.45) is 2.00. The molecule has 7 heteroatoms. The maximum Gasteiger partial charge on any atom is 0.256 e. The highest BCUT2D eigenvalue weighted by molar-refractivity contribution is 6.45. The summed E-state index contributed by atoms with van der Waals surface area (Å²) in [7, 11) is 0. The topological polar surface area (TPSA) is 118 Å². The molecule has 4 N–H and O–H groups in total. The quantitative estimate of drug-likeness (QED) is 0.446. The van der Waals surface area contributed by atoms with E-state index in [1.165, 1.54) is 0 Å². The van der Waals surface area contributed by atoms with Crippen LogP contribution in [0.4, 0.5) is 5.69 Å². The number of nitrogens with one attached hydrogen (secondary N) is 2. The lowest BCUT2D eigenvalue weighted by atomic mass is 9.98. The molecular weight excluding hydrogens is 292 g/mol. The average Bonchev–Trinajstić information content (AvgIpc) is 2.55. The molecule has 0 atom stereocenters. The molecule has 23 heavy (non-hydrogen) atoms. The number of benzene rings is 1. The molecule has 7 nitrogen and oxygen atoms in total. The van der Waals surface area contributed by atoms with Crippen molar-refractivity contribution in [2.75, 3.05) is 18.5 Å². The number of likely N-dealkylation sites (tertiary alicyclic amines) is 1. The van der Waals surface area contributed by atoms with Crippen LogP contribution in [0.5, 0.6) is 0 Å². The Morgan fingerprint density at radius 1 is 1.43 bits per heavy atom. The van der Waals surface area contributed by atoms with Gasteiger partial charge in [-0.25, -0.2) is 0 Å². The van der Waals surface area contributed by atoms with Crippen LogP contribution in [0.2, 0.25) is 0 Å². The zero-order chi connectivity index (χ0) is 16.8. The number of nitrogens with zero attached hydrogens (tertiary/aromatic N) is 3. The van der Waals surface area contributed by atoms with Crippen molar-refractivity contribution >= 4 is 23.1 Å². The number of amidine groups is 1. The fraction of sp³-hybridized carbons (Fsp3) is 0.375. The minimum Gasteiger partial charge on any atom is -0.382 e. The number of nitriles is 1. The van der Waals surface area contributed by atoms with Crippen LogP contribution in [0.3, 0.4) is 0 Å². The lowest BCUT2D eigenvalue weighted by Gasteiger charge is -2.30. The summed E-state index contributed by atoms with van der Waals surface area (Å²) in [5.74, 6) is 0.163. The molecule has 1 fully saturated rings.